The van der Waals surface area contributed by atoms with Crippen LogP contribution in [0.15, 0.2) is 97.3 Å². The van der Waals surface area contributed by atoms with Gasteiger partial charge >= 0.3 is 21.1 Å². The molecule has 0 N–H and O–H groups in total. The number of pyridine rings is 2. The Morgan fingerprint density at radius 2 is 1.59 bits per heavy atom. The second-order valence-electron chi connectivity index (χ2n) is 7.88. The molecule has 3 aromatic carbocycles. The van der Waals surface area contributed by atoms with Gasteiger partial charge in [0.05, 0.1) is 0 Å². The summed E-state index contributed by atoms with van der Waals surface area (Å²) in [7, 11) is 0. The van der Waals surface area contributed by atoms with E-state index in [0.717, 1.165) is 38.9 Å². The molecule has 34 heavy (non-hydrogen) atoms. The number of nitrogens with zero attached hydrogens (tertiary/aromatic N) is 3. The van der Waals surface area contributed by atoms with Crippen LogP contribution in [0.4, 0.5) is 0 Å². The summed E-state index contributed by atoms with van der Waals surface area (Å²) in [6, 6.07) is 35.2. The number of aromatic nitrogens is 3. The largest absolute Gasteiger partial charge is 2.00 e. The van der Waals surface area contributed by atoms with Gasteiger partial charge in [-0.15, -0.1) is 18.2 Å². The third-order valence-corrected chi connectivity index (χ3v) is 5.62. The van der Waals surface area contributed by atoms with Gasteiger partial charge in [0.1, 0.15) is 5.82 Å². The van der Waals surface area contributed by atoms with Crippen LogP contribution in [0, 0.1) is 19.1 Å². The average molecular weight is 621 g/mol. The van der Waals surface area contributed by atoms with Gasteiger partial charge in [-0.1, -0.05) is 35.7 Å². The molecule has 5 heteroatoms. The maximum Gasteiger partial charge on any atom is 2.00 e. The molecule has 0 fully saturated rings. The van der Waals surface area contributed by atoms with Gasteiger partial charge in [-0.25, -0.2) is 21.1 Å². The quantitative estimate of drug-likeness (QED) is 0.201. The van der Waals surface area contributed by atoms with Crippen LogP contribution in [0.1, 0.15) is 5.56 Å². The first-order valence-electron chi connectivity index (χ1n) is 10.8. The van der Waals surface area contributed by atoms with Crippen LogP contribution in [0.5, 0.6) is 11.6 Å². The van der Waals surface area contributed by atoms with Crippen LogP contribution >= 0.6 is 0 Å². The SMILES string of the molecule is Cc1ccc(Oc2[c-]c(-c3[c-]c4c(cc3)c3ccccc3n4-c3ccccn3)ccc2)nc1.[Pt+2]. The van der Waals surface area contributed by atoms with Gasteiger partial charge in [0.15, 0.2) is 0 Å². The fourth-order valence-electron chi connectivity index (χ4n) is 4.07. The first-order chi connectivity index (χ1) is 16.3. The van der Waals surface area contributed by atoms with E-state index in [2.05, 4.69) is 63.1 Å². The van der Waals surface area contributed by atoms with E-state index < -0.39 is 0 Å². The summed E-state index contributed by atoms with van der Waals surface area (Å²) in [5.74, 6) is 2.02. The van der Waals surface area contributed by atoms with Crippen molar-refractivity contribution >= 4 is 21.8 Å². The van der Waals surface area contributed by atoms with E-state index in [1.807, 2.05) is 61.7 Å². The fraction of sp³-hybridized carbons (Fsp3) is 0.0345. The minimum Gasteiger partial charge on any atom is -0.460 e. The van der Waals surface area contributed by atoms with Crippen LogP contribution in [0.2, 0.25) is 0 Å². The molecule has 0 aliphatic heterocycles. The summed E-state index contributed by atoms with van der Waals surface area (Å²) in [4.78, 5) is 8.93. The molecule has 0 spiro atoms. The van der Waals surface area contributed by atoms with Gasteiger partial charge < -0.3 is 9.30 Å². The molecule has 0 unspecified atom stereocenters. The zero-order valence-corrected chi connectivity index (χ0v) is 20.6. The minimum absolute atomic E-state index is 0. The summed E-state index contributed by atoms with van der Waals surface area (Å²) in [6.07, 6.45) is 3.60. The Bertz CT molecular complexity index is 1590. The number of para-hydroxylation sites is 1. The van der Waals surface area contributed by atoms with Gasteiger partial charge in [-0.2, -0.15) is 24.3 Å². The first-order valence-corrected chi connectivity index (χ1v) is 10.8. The molecule has 0 saturated heterocycles. The van der Waals surface area contributed by atoms with Crippen LogP contribution in [0.3, 0.4) is 0 Å². The summed E-state index contributed by atoms with van der Waals surface area (Å²) in [6.45, 7) is 2.00. The van der Waals surface area contributed by atoms with E-state index in [1.54, 1.807) is 6.20 Å². The molecule has 0 saturated carbocycles. The van der Waals surface area contributed by atoms with Crippen molar-refractivity contribution in [3.05, 3.63) is 115 Å². The average Bonchev–Trinajstić information content (AvgIpc) is 3.20. The van der Waals surface area contributed by atoms with Crippen molar-refractivity contribution in [1.29, 1.82) is 0 Å². The standard InChI is InChI=1S/C29H19N3O.Pt/c1-20-12-15-29(31-19-20)33-23-8-6-7-21(17-23)22-13-14-25-24-9-2-3-10-26(24)32(27(25)18-22)28-11-4-5-16-30-28;/h2-16,19H,1H3;/q-2;+2. The van der Waals surface area contributed by atoms with Gasteiger partial charge in [-0.3, -0.25) is 0 Å². The van der Waals surface area contributed by atoms with Crippen LogP contribution < -0.4 is 4.74 Å². The summed E-state index contributed by atoms with van der Waals surface area (Å²) in [5.41, 5.74) is 5.01. The summed E-state index contributed by atoms with van der Waals surface area (Å²) < 4.78 is 8.09. The molecule has 166 valence electrons. The Labute approximate surface area is 212 Å². The van der Waals surface area contributed by atoms with Crippen molar-refractivity contribution in [2.24, 2.45) is 0 Å². The van der Waals surface area contributed by atoms with Crippen molar-refractivity contribution < 1.29 is 25.8 Å². The Morgan fingerprint density at radius 3 is 2.41 bits per heavy atom. The number of fused-ring (bicyclic) bond motifs is 3. The number of hydrogen-bond donors (Lipinski definition) is 0. The molecule has 0 bridgehead atoms. The van der Waals surface area contributed by atoms with Gasteiger partial charge in [0, 0.05) is 29.7 Å². The van der Waals surface area contributed by atoms with Gasteiger partial charge in [-0.05, 0) is 41.6 Å². The number of ether oxygens (including phenoxy) is 1. The summed E-state index contributed by atoms with van der Waals surface area (Å²) in [5, 5.41) is 2.31. The third-order valence-electron chi connectivity index (χ3n) is 5.62. The number of aryl methyl sites for hydroxylation is 1. The second-order valence-corrected chi connectivity index (χ2v) is 7.88. The molecule has 0 radical (unpaired) electrons. The maximum absolute atomic E-state index is 5.93. The minimum atomic E-state index is 0. The molecular formula is C29H19N3OPt. The first kappa shape index (κ1) is 22.1. The van der Waals surface area contributed by atoms with Gasteiger partial charge in [0.2, 0.25) is 5.88 Å². The molecule has 3 heterocycles. The second kappa shape index (κ2) is 9.24. The summed E-state index contributed by atoms with van der Waals surface area (Å²) >= 11 is 0. The van der Waals surface area contributed by atoms with E-state index in [1.165, 1.54) is 5.39 Å². The van der Waals surface area contributed by atoms with Gasteiger partial charge in [0.25, 0.3) is 0 Å². The zero-order chi connectivity index (χ0) is 22.2. The molecule has 0 atom stereocenters. The van der Waals surface area contributed by atoms with E-state index in [0.29, 0.717) is 11.6 Å². The Balaban J connectivity index is 0.00000241. The van der Waals surface area contributed by atoms with Crippen molar-refractivity contribution in [3.63, 3.8) is 0 Å². The van der Waals surface area contributed by atoms with E-state index in [4.69, 9.17) is 4.74 Å². The van der Waals surface area contributed by atoms with Crippen LogP contribution in [-0.2, 0) is 21.1 Å². The Hall–Kier alpha value is -3.75. The normalized spacial score (nSPS) is 10.9. The Kier molecular flexibility index (Phi) is 6.00. The molecule has 6 rings (SSSR count). The predicted molar refractivity (Wildman–Crippen MR) is 131 cm³/mol. The number of rotatable bonds is 4. The molecule has 4 nitrogen and oxygen atoms in total. The third kappa shape index (κ3) is 4.02. The van der Waals surface area contributed by atoms with E-state index >= 15 is 0 Å². The van der Waals surface area contributed by atoms with Crippen molar-refractivity contribution in [1.82, 2.24) is 14.5 Å². The monoisotopic (exact) mass is 620 g/mol. The number of hydrogen-bond acceptors (Lipinski definition) is 3. The molecule has 3 aromatic heterocycles. The smallest absolute Gasteiger partial charge is 0.460 e. The topological polar surface area (TPSA) is 39.9 Å². The Morgan fingerprint density at radius 1 is 0.735 bits per heavy atom. The maximum atomic E-state index is 5.93. The molecule has 0 aliphatic carbocycles. The fourth-order valence-corrected chi connectivity index (χ4v) is 4.07. The van der Waals surface area contributed by atoms with Crippen molar-refractivity contribution in [2.75, 3.05) is 0 Å². The zero-order valence-electron chi connectivity index (χ0n) is 18.3. The molecule has 0 amide bonds. The van der Waals surface area contributed by atoms with E-state index in [-0.39, 0.29) is 21.1 Å². The molecule has 0 aliphatic rings. The molecule has 6 aromatic rings. The van der Waals surface area contributed by atoms with Crippen LogP contribution in [-0.4, -0.2) is 14.5 Å². The van der Waals surface area contributed by atoms with E-state index in [9.17, 15) is 0 Å². The predicted octanol–water partition coefficient (Wildman–Crippen LogP) is 6.94. The number of benzene rings is 3. The molecular weight excluding hydrogens is 601 g/mol. The van der Waals surface area contributed by atoms with Crippen molar-refractivity contribution in [2.45, 2.75) is 6.92 Å². The van der Waals surface area contributed by atoms with Crippen molar-refractivity contribution in [3.8, 4) is 28.6 Å². The van der Waals surface area contributed by atoms with Crippen LogP contribution in [0.25, 0.3) is 38.8 Å².